The zero-order valence-electron chi connectivity index (χ0n) is 48.9. The van der Waals surface area contributed by atoms with Crippen LogP contribution in [0.15, 0.2) is 147 Å². The van der Waals surface area contributed by atoms with Gasteiger partial charge in [-0.15, -0.1) is 45.5 Å². The van der Waals surface area contributed by atoms with Gasteiger partial charge in [-0.1, -0.05) is 146 Å². The smallest absolute Gasteiger partial charge is 0.665 e. The predicted molar refractivity (Wildman–Crippen MR) is 336 cm³/mol. The van der Waals surface area contributed by atoms with Gasteiger partial charge in [-0.25, -0.2) is 0 Å². The molecule has 4 aromatic carbocycles. The standard InChI is InChI=1S/4C12H8N2.2C2H6O2.10CN.2Fe.2NO.2H2O.2Sm/c4*1-3-9-5-6-10-4-2-8-14-12(10)11(9)13-7-1;2*1-2(3)4;10*1-2;;;2*1-2;;;;/h4*1-8H;2*2-4H,1H3;;;;;;;;;;;;;;;2*1H2;;/q4*-2;;;10*-1;2*+6;2*-1;;;;/p+2. The van der Waals surface area contributed by atoms with Crippen LogP contribution < -0.4 is 41.7 Å². The number of benzene rings is 4. The summed E-state index contributed by atoms with van der Waals surface area (Å²) < 4.78 is 0. The number of nitroso groups, excluding NO2 is 2. The SMILES string of the molecule is C1=C[N-]c2c3c(ccc2=C1)=CC=C[N-]3.C1=C[N-]c2c3c(ccc2=C1)=CC=C[N-]3.C1=C[N-]c2c3c(ccc2=C1)=CC=C[N-]3.C1=C[N-]c2c3c(ccc2=C1)=CC=C[N-]3.CC(O)O.CC(O)O.[C-]#N.[C-]#N.[C-]#N.[C-]#N.[C-]#N.[C-]#N.[C-]#N.[C-]#N.[C-]#N.[C-]#N.[Fe+6].[Fe+6].[N-]=O.[N-]=O.[OH3+].[OH3+].[Sm].[Sm]. The first-order valence-electron chi connectivity index (χ1n) is 22.9. The van der Waals surface area contributed by atoms with Gasteiger partial charge in [-0.05, 0) is 55.6 Å². The second-order valence-electron chi connectivity index (χ2n) is 14.1. The van der Waals surface area contributed by atoms with E-state index in [0.29, 0.717) is 0 Å². The molecule has 0 radical (unpaired) electrons. The first kappa shape index (κ1) is 111. The number of hydrogen-bond acceptors (Lipinski definition) is 16. The first-order valence-corrected chi connectivity index (χ1v) is 22.9. The third-order valence-electron chi connectivity index (χ3n) is 9.38. The Kier molecular flexibility index (Phi) is 93.4. The van der Waals surface area contributed by atoms with E-state index in [0.717, 1.165) is 87.2 Å². The van der Waals surface area contributed by atoms with Gasteiger partial charge in [0, 0.05) is 80.8 Å². The predicted octanol–water partition coefficient (Wildman–Crippen LogP) is 7.64. The van der Waals surface area contributed by atoms with E-state index in [9.17, 15) is 0 Å². The molecule has 8 heterocycles. The summed E-state index contributed by atoms with van der Waals surface area (Å²) in [6.07, 6.45) is 44.0. The number of hydrogen-bond donors (Lipinski definition) is 4. The van der Waals surface area contributed by atoms with Gasteiger partial charge in [0.15, 0.2) is 0 Å². The molecule has 0 saturated heterocycles. The Morgan fingerprint density at radius 3 is 0.415 bits per heavy atom. The normalized spacial score (nSPS) is 10.3. The van der Waals surface area contributed by atoms with Gasteiger partial charge in [0.1, 0.15) is 12.6 Å². The molecule has 32 heteroatoms. The molecule has 0 aliphatic carbocycles. The number of aliphatic hydroxyl groups excluding tert-OH is 2. The summed E-state index contributed by atoms with van der Waals surface area (Å²) in [6, 6.07) is 16.6. The minimum Gasteiger partial charge on any atom is -0.665 e. The van der Waals surface area contributed by atoms with Crippen LogP contribution in [-0.4, -0.2) is 33.0 Å². The Morgan fingerprint density at radius 2 is 0.340 bits per heavy atom. The van der Waals surface area contributed by atoms with E-state index in [-0.39, 0.29) is 126 Å². The molecule has 8 aliphatic heterocycles. The maximum Gasteiger partial charge on any atom is 6.00 e. The Balaban J connectivity index is -0.0000000818. The molecule has 0 amide bonds. The third-order valence-corrected chi connectivity index (χ3v) is 9.38. The van der Waals surface area contributed by atoms with E-state index < -0.39 is 12.6 Å². The molecule has 480 valence electrons. The summed E-state index contributed by atoms with van der Waals surface area (Å²) in [5.74, 6) is 0. The van der Waals surface area contributed by atoms with Gasteiger partial charge in [0.2, 0.25) is 0 Å². The molecule has 10 N–H and O–H groups in total. The summed E-state index contributed by atoms with van der Waals surface area (Å²) in [5.41, 5.74) is 19.3. The van der Waals surface area contributed by atoms with Gasteiger partial charge in [0.25, 0.3) is 0 Å². The van der Waals surface area contributed by atoms with Crippen LogP contribution in [0, 0.1) is 209 Å². The van der Waals surface area contributed by atoms with Crippen molar-refractivity contribution in [1.29, 1.82) is 52.6 Å². The molecule has 8 aliphatic rings. The Bertz CT molecular complexity index is 3050. The maximum atomic E-state index is 7.61. The van der Waals surface area contributed by atoms with E-state index in [1.807, 2.05) is 48.6 Å². The average Bonchev–Trinajstić information content (AvgIpc) is 1.40. The minimum absolute atomic E-state index is 0. The quantitative estimate of drug-likeness (QED) is 0.0568. The molecule has 0 atom stereocenters. The summed E-state index contributed by atoms with van der Waals surface area (Å²) in [6.45, 7) is 50.1. The molecule has 0 saturated carbocycles. The van der Waals surface area contributed by atoms with Crippen molar-refractivity contribution in [1.82, 2.24) is 0 Å². The molecule has 94 heavy (non-hydrogen) atoms. The second kappa shape index (κ2) is 78.8. The van der Waals surface area contributed by atoms with Crippen molar-refractivity contribution >= 4 is 94.1 Å². The van der Waals surface area contributed by atoms with Crippen LogP contribution in [0.1, 0.15) is 13.8 Å². The van der Waals surface area contributed by atoms with Crippen LogP contribution in [0.3, 0.4) is 0 Å². The Labute approximate surface area is 630 Å². The van der Waals surface area contributed by atoms with Crippen molar-refractivity contribution in [3.63, 3.8) is 0 Å². The number of allylic oxidation sites excluding steroid dienone is 8. The van der Waals surface area contributed by atoms with E-state index >= 15 is 0 Å². The molecule has 28 nitrogen and oxygen atoms in total. The topological polar surface area (TPSA) is 576 Å². The van der Waals surface area contributed by atoms with Crippen molar-refractivity contribution in [2.24, 2.45) is 0 Å². The zero-order valence-corrected chi connectivity index (χ0v) is 56.3. The summed E-state index contributed by atoms with van der Waals surface area (Å²) in [7, 11) is 0. The monoisotopic (exact) mass is 1620 g/mol. The van der Waals surface area contributed by atoms with Gasteiger partial charge in [0.05, 0.1) is 0 Å². The van der Waals surface area contributed by atoms with Crippen LogP contribution in [0.4, 0.5) is 45.5 Å². The van der Waals surface area contributed by atoms with Gasteiger partial charge >= 0.3 is 34.1 Å². The Hall–Kier alpha value is -10.3. The molecule has 0 spiro atoms. The third kappa shape index (κ3) is 41.2. The minimum atomic E-state index is -1.17. The van der Waals surface area contributed by atoms with E-state index in [1.165, 1.54) is 13.8 Å². The second-order valence-corrected chi connectivity index (χ2v) is 14.1. The molecule has 0 bridgehead atoms. The van der Waals surface area contributed by atoms with Crippen LogP contribution >= 0.6 is 0 Å². The Morgan fingerprint density at radius 1 is 0.266 bits per heavy atom. The van der Waals surface area contributed by atoms with E-state index in [2.05, 4.69) is 140 Å². The molecule has 4 aromatic rings. The summed E-state index contributed by atoms with van der Waals surface area (Å²) in [5, 5.41) is 137. The van der Waals surface area contributed by atoms with Crippen molar-refractivity contribution in [2.45, 2.75) is 26.4 Å². The average molecular weight is 1620 g/mol. The number of nitrogens with zero attached hydrogens (tertiary/aromatic N) is 20. The number of fused-ring (bicyclic) bond motifs is 12. The fraction of sp³-hybridized carbons (Fsp3) is 0.0645. The van der Waals surface area contributed by atoms with Gasteiger partial charge < -0.3 is 213 Å². The van der Waals surface area contributed by atoms with Crippen molar-refractivity contribution in [3.05, 3.63) is 318 Å². The summed E-state index contributed by atoms with van der Waals surface area (Å²) >= 11 is 0. The van der Waals surface area contributed by atoms with Crippen LogP contribution in [0.5, 0.6) is 0 Å². The first-order chi connectivity index (χ1) is 43.3. The van der Waals surface area contributed by atoms with Crippen molar-refractivity contribution in [2.75, 3.05) is 0 Å². The summed E-state index contributed by atoms with van der Waals surface area (Å²) in [4.78, 5) is 14.5. The number of rotatable bonds is 0. The molecule has 12 rings (SSSR count). The largest absolute Gasteiger partial charge is 6.00 e. The van der Waals surface area contributed by atoms with Crippen LogP contribution in [0.25, 0.3) is 102 Å². The number of aliphatic hydroxyl groups is 4. The van der Waals surface area contributed by atoms with Gasteiger partial charge in [-0.2, -0.15) is 49.6 Å². The zero-order chi connectivity index (χ0) is 68.7. The molecular weight excluding hydrogens is 1570 g/mol. The van der Waals surface area contributed by atoms with Crippen LogP contribution in [-0.2, 0) is 45.1 Å². The molecule has 0 unspecified atom stereocenters. The van der Waals surface area contributed by atoms with Gasteiger partial charge in [-0.3, -0.25) is 0 Å². The maximum absolute atomic E-state index is 7.61. The van der Waals surface area contributed by atoms with Crippen LogP contribution in [0.2, 0.25) is 0 Å². The molecule has 0 aromatic heterocycles. The fourth-order valence-corrected chi connectivity index (χ4v) is 6.72. The fourth-order valence-electron chi connectivity index (χ4n) is 6.72. The van der Waals surface area contributed by atoms with E-state index in [4.69, 9.17) is 160 Å². The molecule has 0 fully saturated rings. The molecular formula is C62H50Fe2N20O8Sm2-6. The van der Waals surface area contributed by atoms with Crippen molar-refractivity contribution in [3.8, 4) is 0 Å². The van der Waals surface area contributed by atoms with Crippen molar-refractivity contribution < 1.29 is 146 Å². The van der Waals surface area contributed by atoms with E-state index in [1.54, 1.807) is 49.6 Å².